The van der Waals surface area contributed by atoms with Crippen molar-refractivity contribution in [1.82, 2.24) is 0 Å². The fourth-order valence-corrected chi connectivity index (χ4v) is 1.46. The topological polar surface area (TPSA) is 0 Å². The smallest absolute Gasteiger partial charge is 0.138 e. The van der Waals surface area contributed by atoms with E-state index in [1.54, 1.807) is 0 Å². The fraction of sp³-hybridized carbons (Fsp3) is 0. The van der Waals surface area contributed by atoms with Crippen LogP contribution in [0.2, 0.25) is 10.0 Å². The second-order valence-corrected chi connectivity index (χ2v) is 3.66. The van der Waals surface area contributed by atoms with Crippen LogP contribution in [-0.2, 0) is 0 Å². The van der Waals surface area contributed by atoms with E-state index in [-0.39, 0.29) is 10.8 Å². The van der Waals surface area contributed by atoms with Crippen molar-refractivity contribution in [2.75, 3.05) is 0 Å². The Hall–Kier alpha value is 0.460. The lowest BCUT2D eigenvalue weighted by atomic mass is 10.3. The van der Waals surface area contributed by atoms with Gasteiger partial charge < -0.3 is 0 Å². The molecule has 0 unspecified atom stereocenters. The molecule has 0 aliphatic heterocycles. The summed E-state index contributed by atoms with van der Waals surface area (Å²) in [5.41, 5.74) is 0. The fourth-order valence-electron chi connectivity index (χ4n) is 0.498. The summed E-state index contributed by atoms with van der Waals surface area (Å²) in [5.74, 6) is -0.338. The minimum absolute atomic E-state index is 0.250. The summed E-state index contributed by atoms with van der Waals surface area (Å²) in [5, 5.41) is 0.632. The molecule has 1 rings (SSSR count). The van der Waals surface area contributed by atoms with Crippen LogP contribution in [0, 0.1) is 9.39 Å². The first-order valence-electron chi connectivity index (χ1n) is 2.41. The molecule has 0 nitrogen and oxygen atoms in total. The Morgan fingerprint density at radius 3 is 2.20 bits per heavy atom. The molecular formula is C6H2Cl2FI. The molecule has 0 bridgehead atoms. The normalized spacial score (nSPS) is 10.0. The van der Waals surface area contributed by atoms with E-state index in [9.17, 15) is 4.39 Å². The van der Waals surface area contributed by atoms with Crippen molar-refractivity contribution in [3.63, 3.8) is 0 Å². The highest BCUT2D eigenvalue weighted by atomic mass is 127. The summed E-state index contributed by atoms with van der Waals surface area (Å²) < 4.78 is 13.1. The van der Waals surface area contributed by atoms with Crippen LogP contribution in [0.4, 0.5) is 4.39 Å². The number of rotatable bonds is 0. The Morgan fingerprint density at radius 1 is 1.20 bits per heavy atom. The zero-order valence-electron chi connectivity index (χ0n) is 4.67. The van der Waals surface area contributed by atoms with Gasteiger partial charge in [0.1, 0.15) is 5.82 Å². The van der Waals surface area contributed by atoms with E-state index in [4.69, 9.17) is 23.2 Å². The minimum atomic E-state index is -0.338. The van der Waals surface area contributed by atoms with Crippen molar-refractivity contribution in [2.45, 2.75) is 0 Å². The Morgan fingerprint density at radius 2 is 1.70 bits per heavy atom. The van der Waals surface area contributed by atoms with Gasteiger partial charge in [-0.05, 0) is 34.7 Å². The molecule has 0 N–H and O–H groups in total. The van der Waals surface area contributed by atoms with Crippen LogP contribution in [-0.4, -0.2) is 0 Å². The number of halogens is 4. The maximum Gasteiger partial charge on any atom is 0.138 e. The Kier molecular flexibility index (Phi) is 2.77. The van der Waals surface area contributed by atoms with E-state index in [1.165, 1.54) is 12.1 Å². The van der Waals surface area contributed by atoms with Crippen molar-refractivity contribution < 1.29 is 4.39 Å². The van der Waals surface area contributed by atoms with Gasteiger partial charge in [0, 0.05) is 0 Å². The molecule has 0 radical (unpaired) electrons. The highest BCUT2D eigenvalue weighted by Crippen LogP contribution is 2.25. The molecule has 0 aliphatic carbocycles. The molecule has 54 valence electrons. The standard InChI is InChI=1S/C6H2Cl2FI/c7-3-1-5(9)6(10)2-4(3)8/h1-2H. The maximum absolute atomic E-state index is 12.6. The van der Waals surface area contributed by atoms with Crippen LogP contribution in [0.15, 0.2) is 12.1 Å². The lowest BCUT2D eigenvalue weighted by Gasteiger charge is -1.96. The number of benzene rings is 1. The van der Waals surface area contributed by atoms with Crippen LogP contribution >= 0.6 is 45.8 Å². The second kappa shape index (κ2) is 3.24. The van der Waals surface area contributed by atoms with Crippen LogP contribution in [0.5, 0.6) is 0 Å². The van der Waals surface area contributed by atoms with Gasteiger partial charge in [-0.15, -0.1) is 0 Å². The molecule has 1 aromatic rings. The van der Waals surface area contributed by atoms with Gasteiger partial charge in [-0.3, -0.25) is 0 Å². The van der Waals surface area contributed by atoms with Gasteiger partial charge in [0.2, 0.25) is 0 Å². The average molecular weight is 291 g/mol. The summed E-state index contributed by atoms with van der Waals surface area (Å²) in [4.78, 5) is 0. The quantitative estimate of drug-likeness (QED) is 0.504. The molecule has 0 amide bonds. The first-order chi connectivity index (χ1) is 4.61. The molecule has 0 aliphatic rings. The molecule has 0 saturated heterocycles. The zero-order chi connectivity index (χ0) is 7.72. The highest BCUT2D eigenvalue weighted by molar-refractivity contribution is 14.1. The van der Waals surface area contributed by atoms with Gasteiger partial charge in [-0.25, -0.2) is 4.39 Å². The van der Waals surface area contributed by atoms with Crippen molar-refractivity contribution in [3.8, 4) is 0 Å². The minimum Gasteiger partial charge on any atom is -0.206 e. The number of hydrogen-bond acceptors (Lipinski definition) is 0. The molecule has 0 aromatic heterocycles. The van der Waals surface area contributed by atoms with E-state index in [2.05, 4.69) is 0 Å². The van der Waals surface area contributed by atoms with Gasteiger partial charge in [0.05, 0.1) is 13.6 Å². The molecule has 0 fully saturated rings. The molecular weight excluding hydrogens is 289 g/mol. The Balaban J connectivity index is 3.28. The van der Waals surface area contributed by atoms with Gasteiger partial charge in [-0.2, -0.15) is 0 Å². The third-order valence-electron chi connectivity index (χ3n) is 0.963. The largest absolute Gasteiger partial charge is 0.206 e. The predicted octanol–water partition coefficient (Wildman–Crippen LogP) is 3.74. The summed E-state index contributed by atoms with van der Waals surface area (Å²) in [6.07, 6.45) is 0. The highest BCUT2D eigenvalue weighted by Gasteiger charge is 2.03. The van der Waals surface area contributed by atoms with Crippen molar-refractivity contribution in [3.05, 3.63) is 31.6 Å². The summed E-state index contributed by atoms with van der Waals surface area (Å²) in [6, 6.07) is 2.69. The third-order valence-corrected chi connectivity index (χ3v) is 2.51. The van der Waals surface area contributed by atoms with Gasteiger partial charge >= 0.3 is 0 Å². The Labute approximate surface area is 81.5 Å². The zero-order valence-corrected chi connectivity index (χ0v) is 8.34. The van der Waals surface area contributed by atoms with E-state index < -0.39 is 0 Å². The monoisotopic (exact) mass is 290 g/mol. The van der Waals surface area contributed by atoms with Gasteiger partial charge in [0.25, 0.3) is 0 Å². The van der Waals surface area contributed by atoms with E-state index >= 15 is 0 Å². The number of hydrogen-bond donors (Lipinski definition) is 0. The van der Waals surface area contributed by atoms with Crippen LogP contribution in [0.25, 0.3) is 0 Å². The van der Waals surface area contributed by atoms with Crippen LogP contribution in [0.1, 0.15) is 0 Å². The van der Waals surface area contributed by atoms with Crippen LogP contribution < -0.4 is 0 Å². The maximum atomic E-state index is 12.6. The molecule has 1 aromatic carbocycles. The molecule has 0 heterocycles. The first kappa shape index (κ1) is 8.56. The van der Waals surface area contributed by atoms with E-state index in [0.717, 1.165) is 0 Å². The lowest BCUT2D eigenvalue weighted by Crippen LogP contribution is -1.80. The first-order valence-corrected chi connectivity index (χ1v) is 4.25. The Bertz CT molecular complexity index is 212. The summed E-state index contributed by atoms with van der Waals surface area (Å²) >= 11 is 12.9. The third kappa shape index (κ3) is 1.74. The molecule has 10 heavy (non-hydrogen) atoms. The van der Waals surface area contributed by atoms with Crippen molar-refractivity contribution in [2.24, 2.45) is 0 Å². The molecule has 0 spiro atoms. The lowest BCUT2D eigenvalue weighted by molar-refractivity contribution is 0.620. The average Bonchev–Trinajstić information content (AvgIpc) is 1.84. The van der Waals surface area contributed by atoms with Crippen LogP contribution in [0.3, 0.4) is 0 Å². The van der Waals surface area contributed by atoms with Crippen molar-refractivity contribution >= 4 is 45.8 Å². The second-order valence-electron chi connectivity index (χ2n) is 1.68. The van der Waals surface area contributed by atoms with E-state index in [1.807, 2.05) is 22.6 Å². The SMILES string of the molecule is Fc1cc(Cl)c(Cl)cc1I. The molecule has 0 atom stereocenters. The molecule has 4 heteroatoms. The summed E-state index contributed by atoms with van der Waals surface area (Å²) in [6.45, 7) is 0. The summed E-state index contributed by atoms with van der Waals surface area (Å²) in [7, 11) is 0. The van der Waals surface area contributed by atoms with Gasteiger partial charge in [-0.1, -0.05) is 23.2 Å². The molecule has 0 saturated carbocycles. The van der Waals surface area contributed by atoms with Crippen molar-refractivity contribution in [1.29, 1.82) is 0 Å². The van der Waals surface area contributed by atoms with Gasteiger partial charge in [0.15, 0.2) is 0 Å². The van der Waals surface area contributed by atoms with E-state index in [0.29, 0.717) is 8.59 Å². The predicted molar refractivity (Wildman–Crippen MR) is 49.1 cm³/mol.